The lowest BCUT2D eigenvalue weighted by Gasteiger charge is -2.31. The van der Waals surface area contributed by atoms with Gasteiger partial charge < -0.3 is 15.1 Å². The molecule has 0 spiro atoms. The van der Waals surface area contributed by atoms with E-state index in [0.717, 1.165) is 42.7 Å². The van der Waals surface area contributed by atoms with E-state index in [1.54, 1.807) is 24.2 Å². The first kappa shape index (κ1) is 16.7. The molecule has 6 nitrogen and oxygen atoms in total. The number of aromatic nitrogens is 2. The molecule has 0 bridgehead atoms. The first-order valence-electron chi connectivity index (χ1n) is 8.04. The molecule has 1 aromatic heterocycles. The van der Waals surface area contributed by atoms with Crippen molar-refractivity contribution in [1.29, 1.82) is 0 Å². The van der Waals surface area contributed by atoms with Crippen LogP contribution in [0.4, 0.5) is 11.6 Å². The smallest absolute Gasteiger partial charge is 0.279 e. The molecule has 1 saturated heterocycles. The fourth-order valence-corrected chi connectivity index (χ4v) is 3.38. The van der Waals surface area contributed by atoms with Crippen LogP contribution in [-0.2, 0) is 4.79 Å². The topological polar surface area (TPSA) is 62.6 Å². The summed E-state index contributed by atoms with van der Waals surface area (Å²) in [5.74, 6) is 0.839. The Balaban J connectivity index is 1.50. The number of para-hydroxylation sites is 1. The standard InChI is InChI=1S/C17H21N5OS/c1-24-15-6-3-2-5-14(15)20-16(23)13-21-9-11-22(12-10-21)17-18-7-4-8-19-17/h2-8H,9-13H2,1H3,(H,20,23)/p+1. The summed E-state index contributed by atoms with van der Waals surface area (Å²) < 4.78 is 0. The largest absolute Gasteiger partial charge is 0.330 e. The first-order chi connectivity index (χ1) is 11.8. The quantitative estimate of drug-likeness (QED) is 0.776. The number of carbonyl (C=O) groups excluding carboxylic acids is 1. The minimum atomic E-state index is 0.0657. The molecule has 2 N–H and O–H groups in total. The number of benzene rings is 1. The minimum absolute atomic E-state index is 0.0657. The lowest BCUT2D eigenvalue weighted by atomic mass is 10.3. The fourth-order valence-electron chi connectivity index (χ4n) is 2.82. The molecule has 0 radical (unpaired) electrons. The van der Waals surface area contributed by atoms with Crippen LogP contribution < -0.4 is 15.1 Å². The highest BCUT2D eigenvalue weighted by Crippen LogP contribution is 2.24. The van der Waals surface area contributed by atoms with Crippen molar-refractivity contribution >= 4 is 29.3 Å². The summed E-state index contributed by atoms with van der Waals surface area (Å²) in [6, 6.07) is 9.72. The molecule has 0 atom stereocenters. The van der Waals surface area contributed by atoms with Crippen LogP contribution in [0.3, 0.4) is 0 Å². The molecule has 1 aliphatic heterocycles. The average Bonchev–Trinajstić information content (AvgIpc) is 2.63. The van der Waals surface area contributed by atoms with Gasteiger partial charge in [0.25, 0.3) is 5.91 Å². The highest BCUT2D eigenvalue weighted by molar-refractivity contribution is 7.98. The van der Waals surface area contributed by atoms with Gasteiger partial charge in [-0.25, -0.2) is 9.97 Å². The Morgan fingerprint density at radius 1 is 1.21 bits per heavy atom. The average molecular weight is 344 g/mol. The second-order valence-electron chi connectivity index (χ2n) is 5.71. The normalized spacial score (nSPS) is 15.3. The molecular weight excluding hydrogens is 322 g/mol. The van der Waals surface area contributed by atoms with Gasteiger partial charge in [0.2, 0.25) is 5.95 Å². The zero-order valence-corrected chi connectivity index (χ0v) is 14.6. The van der Waals surface area contributed by atoms with Gasteiger partial charge in [-0.05, 0) is 24.5 Å². The van der Waals surface area contributed by atoms with Crippen LogP contribution in [0.2, 0.25) is 0 Å². The van der Waals surface area contributed by atoms with Crippen molar-refractivity contribution in [1.82, 2.24) is 9.97 Å². The Morgan fingerprint density at radius 3 is 2.62 bits per heavy atom. The summed E-state index contributed by atoms with van der Waals surface area (Å²) in [6.45, 7) is 4.06. The summed E-state index contributed by atoms with van der Waals surface area (Å²) in [7, 11) is 0. The molecule has 24 heavy (non-hydrogen) atoms. The van der Waals surface area contributed by atoms with Gasteiger partial charge in [-0.15, -0.1) is 11.8 Å². The van der Waals surface area contributed by atoms with Crippen molar-refractivity contribution in [2.45, 2.75) is 4.90 Å². The van der Waals surface area contributed by atoms with Crippen LogP contribution in [0.15, 0.2) is 47.6 Å². The van der Waals surface area contributed by atoms with E-state index >= 15 is 0 Å². The summed E-state index contributed by atoms with van der Waals surface area (Å²) in [6.07, 6.45) is 5.54. The van der Waals surface area contributed by atoms with E-state index in [4.69, 9.17) is 0 Å². The van der Waals surface area contributed by atoms with Gasteiger partial charge in [-0.3, -0.25) is 4.79 Å². The third kappa shape index (κ3) is 4.24. The second-order valence-corrected chi connectivity index (χ2v) is 6.56. The predicted molar refractivity (Wildman–Crippen MR) is 96.7 cm³/mol. The molecule has 1 amide bonds. The van der Waals surface area contributed by atoms with Gasteiger partial charge in [0, 0.05) is 17.3 Å². The third-order valence-corrected chi connectivity index (χ3v) is 4.89. The number of hydrogen-bond donors (Lipinski definition) is 2. The molecule has 0 unspecified atom stereocenters. The van der Waals surface area contributed by atoms with Crippen LogP contribution in [0.25, 0.3) is 0 Å². The van der Waals surface area contributed by atoms with Gasteiger partial charge in [-0.2, -0.15) is 0 Å². The number of thioether (sulfide) groups is 1. The number of nitrogens with zero attached hydrogens (tertiary/aromatic N) is 3. The Labute approximate surface area is 146 Å². The third-order valence-electron chi connectivity index (χ3n) is 4.10. The first-order valence-corrected chi connectivity index (χ1v) is 9.27. The van der Waals surface area contributed by atoms with Crippen molar-refractivity contribution in [3.8, 4) is 0 Å². The fraction of sp³-hybridized carbons (Fsp3) is 0.353. The predicted octanol–water partition coefficient (Wildman–Crippen LogP) is 0.542. The molecule has 1 aromatic carbocycles. The molecular formula is C17H22N5OS+. The van der Waals surface area contributed by atoms with Crippen LogP contribution >= 0.6 is 11.8 Å². The van der Waals surface area contributed by atoms with Crippen LogP contribution in [0.1, 0.15) is 0 Å². The Hall–Kier alpha value is -2.12. The van der Waals surface area contributed by atoms with Crippen molar-refractivity contribution in [2.24, 2.45) is 0 Å². The molecule has 7 heteroatoms. The van der Waals surface area contributed by atoms with Crippen LogP contribution in [-0.4, -0.2) is 54.9 Å². The van der Waals surface area contributed by atoms with E-state index in [0.29, 0.717) is 6.54 Å². The van der Waals surface area contributed by atoms with Crippen molar-refractivity contribution in [3.05, 3.63) is 42.7 Å². The number of hydrogen-bond acceptors (Lipinski definition) is 5. The van der Waals surface area contributed by atoms with Gasteiger partial charge in [0.05, 0.1) is 31.9 Å². The summed E-state index contributed by atoms with van der Waals surface area (Å²) in [5, 5.41) is 3.03. The molecule has 0 saturated carbocycles. The molecule has 1 aliphatic rings. The minimum Gasteiger partial charge on any atom is -0.330 e. The van der Waals surface area contributed by atoms with Crippen molar-refractivity contribution < 1.29 is 9.69 Å². The van der Waals surface area contributed by atoms with E-state index in [2.05, 4.69) is 20.2 Å². The van der Waals surface area contributed by atoms with Gasteiger partial charge in [0.1, 0.15) is 0 Å². The molecule has 2 heterocycles. The van der Waals surface area contributed by atoms with Crippen molar-refractivity contribution in [2.75, 3.05) is 49.2 Å². The second kappa shape index (κ2) is 8.12. The Morgan fingerprint density at radius 2 is 1.92 bits per heavy atom. The van der Waals surface area contributed by atoms with E-state index in [9.17, 15) is 4.79 Å². The molecule has 1 fully saturated rings. The Kier molecular flexibility index (Phi) is 5.66. The summed E-state index contributed by atoms with van der Waals surface area (Å²) >= 11 is 1.64. The van der Waals surface area contributed by atoms with E-state index < -0.39 is 0 Å². The summed E-state index contributed by atoms with van der Waals surface area (Å²) in [5.41, 5.74) is 0.894. The highest BCUT2D eigenvalue weighted by Gasteiger charge is 2.23. The highest BCUT2D eigenvalue weighted by atomic mass is 32.2. The maximum absolute atomic E-state index is 12.3. The number of nitrogens with one attached hydrogen (secondary N) is 2. The number of rotatable bonds is 5. The number of quaternary nitrogens is 1. The van der Waals surface area contributed by atoms with Gasteiger partial charge in [0.15, 0.2) is 6.54 Å². The van der Waals surface area contributed by atoms with Crippen LogP contribution in [0.5, 0.6) is 0 Å². The maximum atomic E-state index is 12.3. The number of amides is 1. The maximum Gasteiger partial charge on any atom is 0.279 e. The lowest BCUT2D eigenvalue weighted by molar-refractivity contribution is -0.892. The van der Waals surface area contributed by atoms with Gasteiger partial charge >= 0.3 is 0 Å². The summed E-state index contributed by atoms with van der Waals surface area (Å²) in [4.78, 5) is 25.4. The van der Waals surface area contributed by atoms with Crippen molar-refractivity contribution in [3.63, 3.8) is 0 Å². The monoisotopic (exact) mass is 344 g/mol. The SMILES string of the molecule is CSc1ccccc1NC(=O)C[NH+]1CCN(c2ncccn2)CC1. The van der Waals surface area contributed by atoms with Gasteiger partial charge in [-0.1, -0.05) is 12.1 Å². The molecule has 126 valence electrons. The number of anilines is 2. The Bertz CT molecular complexity index is 674. The molecule has 3 rings (SSSR count). The molecule has 2 aromatic rings. The zero-order valence-electron chi connectivity index (χ0n) is 13.7. The van der Waals surface area contributed by atoms with E-state index in [1.165, 1.54) is 4.90 Å². The van der Waals surface area contributed by atoms with Crippen LogP contribution in [0, 0.1) is 0 Å². The van der Waals surface area contributed by atoms with E-state index in [1.807, 2.05) is 36.6 Å². The molecule has 0 aliphatic carbocycles. The van der Waals surface area contributed by atoms with E-state index in [-0.39, 0.29) is 5.91 Å². The number of piperazine rings is 1. The number of carbonyl (C=O) groups is 1. The lowest BCUT2D eigenvalue weighted by Crippen LogP contribution is -3.15. The zero-order chi connectivity index (χ0) is 16.8.